The summed E-state index contributed by atoms with van der Waals surface area (Å²) in [5, 5.41) is 4.16. The van der Waals surface area contributed by atoms with Crippen LogP contribution in [0.1, 0.15) is 39.2 Å². The van der Waals surface area contributed by atoms with Crippen LogP contribution in [-0.2, 0) is 14.8 Å². The molecule has 0 aliphatic heterocycles. The van der Waals surface area contributed by atoms with Crippen LogP contribution in [0.3, 0.4) is 0 Å². The molecule has 1 N–H and O–H groups in total. The molecule has 0 aliphatic carbocycles. The molecule has 1 aromatic heterocycles. The van der Waals surface area contributed by atoms with Gasteiger partial charge in [-0.2, -0.15) is 5.10 Å². The van der Waals surface area contributed by atoms with E-state index in [4.69, 9.17) is 0 Å². The summed E-state index contributed by atoms with van der Waals surface area (Å²) in [7, 11) is -3.99. The Kier molecular flexibility index (Phi) is 8.06. The second-order valence-corrected chi connectivity index (χ2v) is 11.7. The molecule has 7 nitrogen and oxygen atoms in total. The average molecular weight is 543 g/mol. The van der Waals surface area contributed by atoms with Gasteiger partial charge in [0.25, 0.3) is 15.9 Å². The van der Waals surface area contributed by atoms with Crippen LogP contribution in [0, 0.1) is 41.5 Å². The number of anilines is 1. The van der Waals surface area contributed by atoms with Crippen molar-refractivity contribution in [2.24, 2.45) is 5.10 Å². The van der Waals surface area contributed by atoms with Gasteiger partial charge in [0.1, 0.15) is 6.54 Å². The van der Waals surface area contributed by atoms with E-state index in [1.807, 2.05) is 45.9 Å². The molecule has 0 fully saturated rings. The summed E-state index contributed by atoms with van der Waals surface area (Å²) < 4.78 is 30.5. The van der Waals surface area contributed by atoms with Gasteiger partial charge in [-0.25, -0.2) is 13.8 Å². The molecule has 0 aliphatic rings. The van der Waals surface area contributed by atoms with E-state index in [-0.39, 0.29) is 4.90 Å². The zero-order chi connectivity index (χ0) is 28.3. The third-order valence-corrected chi connectivity index (χ3v) is 8.64. The summed E-state index contributed by atoms with van der Waals surface area (Å²) in [5.74, 6) is -0.547. The monoisotopic (exact) mass is 542 g/mol. The fourth-order valence-electron chi connectivity index (χ4n) is 4.53. The van der Waals surface area contributed by atoms with Gasteiger partial charge in [0.15, 0.2) is 0 Å². The Bertz CT molecular complexity index is 1650. The minimum atomic E-state index is -3.99. The van der Waals surface area contributed by atoms with Crippen LogP contribution in [-0.4, -0.2) is 31.7 Å². The minimum Gasteiger partial charge on any atom is -0.318 e. The van der Waals surface area contributed by atoms with Crippen LogP contribution < -0.4 is 9.73 Å². The van der Waals surface area contributed by atoms with Crippen LogP contribution >= 0.6 is 0 Å². The van der Waals surface area contributed by atoms with Gasteiger partial charge in [-0.15, -0.1) is 0 Å². The quantitative estimate of drug-likeness (QED) is 0.230. The first-order chi connectivity index (χ1) is 18.5. The van der Waals surface area contributed by atoms with E-state index >= 15 is 0 Å². The van der Waals surface area contributed by atoms with E-state index in [2.05, 4.69) is 47.1 Å². The van der Waals surface area contributed by atoms with Crippen molar-refractivity contribution >= 4 is 27.8 Å². The molecule has 8 heteroatoms. The molecule has 3 aromatic carbocycles. The maximum atomic E-state index is 13.6. The summed E-state index contributed by atoms with van der Waals surface area (Å²) in [6.45, 7) is 11.5. The largest absolute Gasteiger partial charge is 0.318 e. The molecule has 0 saturated carbocycles. The lowest BCUT2D eigenvalue weighted by Crippen LogP contribution is -2.40. The van der Waals surface area contributed by atoms with Crippen LogP contribution in [0.15, 0.2) is 82.8 Å². The summed E-state index contributed by atoms with van der Waals surface area (Å²) in [6.07, 6.45) is 1.59. The Labute approximate surface area is 230 Å². The predicted octanol–water partition coefficient (Wildman–Crippen LogP) is 5.67. The molecule has 0 spiro atoms. The average Bonchev–Trinajstić information content (AvgIpc) is 3.18. The van der Waals surface area contributed by atoms with Crippen LogP contribution in [0.5, 0.6) is 0 Å². The van der Waals surface area contributed by atoms with Crippen molar-refractivity contribution in [3.63, 3.8) is 0 Å². The number of amides is 1. The van der Waals surface area contributed by atoms with Gasteiger partial charge < -0.3 is 4.57 Å². The van der Waals surface area contributed by atoms with E-state index in [1.165, 1.54) is 23.3 Å². The Hall–Kier alpha value is -4.17. The molecule has 4 aromatic rings. The smallest absolute Gasteiger partial charge is 0.264 e. The van der Waals surface area contributed by atoms with E-state index < -0.39 is 22.5 Å². The number of hydrogen-bond acceptors (Lipinski definition) is 4. The highest BCUT2D eigenvalue weighted by Crippen LogP contribution is 2.28. The SMILES string of the molecule is Cc1ccc(C)c(N(CC(=O)N/N=C/c2cc(C)n(-c3ccc(C)c(C)c3)c2C)S(=O)(=O)c2ccccc2)c1. The highest BCUT2D eigenvalue weighted by molar-refractivity contribution is 7.92. The van der Waals surface area contributed by atoms with Gasteiger partial charge in [0.05, 0.1) is 16.8 Å². The van der Waals surface area contributed by atoms with Crippen LogP contribution in [0.2, 0.25) is 0 Å². The van der Waals surface area contributed by atoms with Crippen LogP contribution in [0.25, 0.3) is 5.69 Å². The van der Waals surface area contributed by atoms with Crippen molar-refractivity contribution in [2.75, 3.05) is 10.8 Å². The molecule has 0 radical (unpaired) electrons. The summed E-state index contributed by atoms with van der Waals surface area (Å²) in [4.78, 5) is 13.1. The molecule has 0 bridgehead atoms. The van der Waals surface area contributed by atoms with Crippen molar-refractivity contribution < 1.29 is 13.2 Å². The predicted molar refractivity (Wildman–Crippen MR) is 157 cm³/mol. The molecule has 202 valence electrons. The minimum absolute atomic E-state index is 0.112. The van der Waals surface area contributed by atoms with Gasteiger partial charge in [-0.1, -0.05) is 36.4 Å². The van der Waals surface area contributed by atoms with Crippen molar-refractivity contribution in [3.8, 4) is 5.69 Å². The Morgan fingerprint density at radius 2 is 1.56 bits per heavy atom. The molecule has 39 heavy (non-hydrogen) atoms. The van der Waals surface area contributed by atoms with Crippen molar-refractivity contribution in [3.05, 3.63) is 112 Å². The number of nitrogens with zero attached hydrogens (tertiary/aromatic N) is 3. The standard InChI is InChI=1S/C31H34N4O3S/c1-21-12-13-23(3)30(16-21)34(39(37,38)29-10-8-7-9-11-29)20-31(36)33-32-19-27-18-25(5)35(26(27)6)28-15-14-22(2)24(4)17-28/h7-19H,20H2,1-6H3,(H,33,36)/b32-19+. The van der Waals surface area contributed by atoms with E-state index in [1.54, 1.807) is 30.5 Å². The van der Waals surface area contributed by atoms with Gasteiger partial charge in [0.2, 0.25) is 0 Å². The fourth-order valence-corrected chi connectivity index (χ4v) is 6.03. The molecule has 1 amide bonds. The number of aryl methyl sites for hydroxylation is 5. The Morgan fingerprint density at radius 1 is 0.872 bits per heavy atom. The van der Waals surface area contributed by atoms with Crippen LogP contribution in [0.4, 0.5) is 5.69 Å². The number of benzene rings is 3. The summed E-state index contributed by atoms with van der Waals surface area (Å²) >= 11 is 0. The summed E-state index contributed by atoms with van der Waals surface area (Å²) in [6, 6.07) is 22.0. The maximum absolute atomic E-state index is 13.6. The first-order valence-electron chi connectivity index (χ1n) is 12.7. The first-order valence-corrected chi connectivity index (χ1v) is 14.2. The highest BCUT2D eigenvalue weighted by atomic mass is 32.2. The molecular weight excluding hydrogens is 508 g/mol. The van der Waals surface area contributed by atoms with Crippen molar-refractivity contribution in [2.45, 2.75) is 46.4 Å². The first kappa shape index (κ1) is 27.9. The Morgan fingerprint density at radius 3 is 2.26 bits per heavy atom. The fraction of sp³-hybridized carbons (Fsp3) is 0.226. The Balaban J connectivity index is 1.58. The van der Waals surface area contributed by atoms with Gasteiger partial charge >= 0.3 is 0 Å². The molecule has 4 rings (SSSR count). The zero-order valence-electron chi connectivity index (χ0n) is 23.2. The molecule has 0 unspecified atom stereocenters. The lowest BCUT2D eigenvalue weighted by Gasteiger charge is -2.25. The number of sulfonamides is 1. The van der Waals surface area contributed by atoms with E-state index in [0.717, 1.165) is 38.1 Å². The van der Waals surface area contributed by atoms with Crippen molar-refractivity contribution in [1.82, 2.24) is 9.99 Å². The summed E-state index contributed by atoms with van der Waals surface area (Å²) in [5.41, 5.74) is 11.0. The number of nitrogens with one attached hydrogen (secondary N) is 1. The topological polar surface area (TPSA) is 83.8 Å². The third-order valence-electron chi connectivity index (χ3n) is 6.86. The molecule has 1 heterocycles. The number of carbonyl (C=O) groups is 1. The highest BCUT2D eigenvalue weighted by Gasteiger charge is 2.28. The molecule has 0 atom stereocenters. The zero-order valence-corrected chi connectivity index (χ0v) is 24.0. The molecular formula is C31H34N4O3S. The van der Waals surface area contributed by atoms with E-state index in [9.17, 15) is 13.2 Å². The second-order valence-electron chi connectivity index (χ2n) is 9.84. The number of hydrazone groups is 1. The van der Waals surface area contributed by atoms with Gasteiger partial charge in [0, 0.05) is 22.6 Å². The lowest BCUT2D eigenvalue weighted by molar-refractivity contribution is -0.119. The van der Waals surface area contributed by atoms with Gasteiger partial charge in [-0.3, -0.25) is 9.10 Å². The third kappa shape index (κ3) is 5.96. The second kappa shape index (κ2) is 11.3. The number of carbonyl (C=O) groups excluding carboxylic acids is 1. The van der Waals surface area contributed by atoms with E-state index in [0.29, 0.717) is 5.69 Å². The molecule has 0 saturated heterocycles. The lowest BCUT2D eigenvalue weighted by atomic mass is 10.1. The maximum Gasteiger partial charge on any atom is 0.264 e. The van der Waals surface area contributed by atoms with Crippen molar-refractivity contribution in [1.29, 1.82) is 0 Å². The number of aromatic nitrogens is 1. The number of rotatable bonds is 8. The normalized spacial score (nSPS) is 11.6. The number of hydrogen-bond donors (Lipinski definition) is 1. The van der Waals surface area contributed by atoms with Gasteiger partial charge in [-0.05, 0) is 100 Å².